The standard InChI is InChI=1S/C14H16O/c1-12-6-5-9-14(11-10-12)15-13-7-3-2-4-8-13/h2-4,6-9H,5,10-11H2,1H3. The molecule has 1 aromatic carbocycles. The molecule has 0 bridgehead atoms. The molecule has 1 aromatic rings. The van der Waals surface area contributed by atoms with Crippen molar-refractivity contribution in [2.24, 2.45) is 0 Å². The Bertz CT molecular complexity index is 374. The third-order valence-electron chi connectivity index (χ3n) is 2.57. The predicted octanol–water partition coefficient (Wildman–Crippen LogP) is 4.08. The molecule has 1 heteroatoms. The molecule has 0 heterocycles. The second-order valence-electron chi connectivity index (χ2n) is 3.87. The zero-order valence-electron chi connectivity index (χ0n) is 9.07. The summed E-state index contributed by atoms with van der Waals surface area (Å²) >= 11 is 0. The molecule has 0 spiro atoms. The van der Waals surface area contributed by atoms with E-state index < -0.39 is 0 Å². The molecule has 1 aliphatic carbocycles. The fourth-order valence-electron chi connectivity index (χ4n) is 1.65. The Hall–Kier alpha value is -1.50. The summed E-state index contributed by atoms with van der Waals surface area (Å²) in [6.45, 7) is 2.18. The highest BCUT2D eigenvalue weighted by Gasteiger charge is 2.04. The third kappa shape index (κ3) is 2.98. The van der Waals surface area contributed by atoms with Crippen molar-refractivity contribution in [3.63, 3.8) is 0 Å². The maximum atomic E-state index is 5.81. The summed E-state index contributed by atoms with van der Waals surface area (Å²) in [7, 11) is 0. The first-order valence-electron chi connectivity index (χ1n) is 5.42. The zero-order chi connectivity index (χ0) is 10.5. The fraction of sp³-hybridized carbons (Fsp3) is 0.286. The van der Waals surface area contributed by atoms with E-state index in [1.165, 1.54) is 5.57 Å². The Labute approximate surface area is 91.1 Å². The van der Waals surface area contributed by atoms with E-state index in [0.29, 0.717) is 0 Å². The second kappa shape index (κ2) is 4.83. The Kier molecular flexibility index (Phi) is 3.23. The van der Waals surface area contributed by atoms with Crippen LogP contribution in [-0.2, 0) is 0 Å². The lowest BCUT2D eigenvalue weighted by molar-refractivity contribution is 0.402. The minimum absolute atomic E-state index is 0.934. The summed E-state index contributed by atoms with van der Waals surface area (Å²) in [5, 5.41) is 0. The Balaban J connectivity index is 1.99. The van der Waals surface area contributed by atoms with Gasteiger partial charge in [0.25, 0.3) is 0 Å². The van der Waals surface area contributed by atoms with Crippen LogP contribution in [0.2, 0.25) is 0 Å². The van der Waals surface area contributed by atoms with Gasteiger partial charge in [-0.2, -0.15) is 0 Å². The van der Waals surface area contributed by atoms with Crippen molar-refractivity contribution < 1.29 is 4.74 Å². The van der Waals surface area contributed by atoms with Gasteiger partial charge in [-0.05, 0) is 38.0 Å². The van der Waals surface area contributed by atoms with Crippen molar-refractivity contribution in [3.05, 3.63) is 53.8 Å². The molecule has 0 atom stereocenters. The van der Waals surface area contributed by atoms with E-state index in [-0.39, 0.29) is 0 Å². The van der Waals surface area contributed by atoms with Crippen LogP contribution in [0.25, 0.3) is 0 Å². The highest BCUT2D eigenvalue weighted by atomic mass is 16.5. The molecular weight excluding hydrogens is 184 g/mol. The summed E-state index contributed by atoms with van der Waals surface area (Å²) < 4.78 is 5.81. The average Bonchev–Trinajstić information content (AvgIpc) is 2.46. The highest BCUT2D eigenvalue weighted by Crippen LogP contribution is 2.21. The van der Waals surface area contributed by atoms with Gasteiger partial charge in [0.15, 0.2) is 0 Å². The first-order chi connectivity index (χ1) is 7.34. The largest absolute Gasteiger partial charge is 0.462 e. The molecule has 0 saturated heterocycles. The molecule has 0 aromatic heterocycles. The second-order valence-corrected chi connectivity index (χ2v) is 3.87. The molecule has 0 fully saturated rings. The van der Waals surface area contributed by atoms with Gasteiger partial charge < -0.3 is 4.74 Å². The minimum atomic E-state index is 0.934. The van der Waals surface area contributed by atoms with Gasteiger partial charge in [0, 0.05) is 6.42 Å². The zero-order valence-corrected chi connectivity index (χ0v) is 9.07. The molecule has 0 saturated carbocycles. The highest BCUT2D eigenvalue weighted by molar-refractivity contribution is 5.24. The quantitative estimate of drug-likeness (QED) is 0.654. The molecule has 0 radical (unpaired) electrons. The van der Waals surface area contributed by atoms with E-state index in [1.807, 2.05) is 30.3 Å². The van der Waals surface area contributed by atoms with Crippen LogP contribution in [0, 0.1) is 0 Å². The third-order valence-corrected chi connectivity index (χ3v) is 2.57. The normalized spacial score (nSPS) is 16.3. The van der Waals surface area contributed by atoms with Gasteiger partial charge in [-0.15, -0.1) is 0 Å². The van der Waals surface area contributed by atoms with Gasteiger partial charge in [-0.1, -0.05) is 29.8 Å². The van der Waals surface area contributed by atoms with E-state index in [4.69, 9.17) is 4.74 Å². The number of hydrogen-bond donors (Lipinski definition) is 0. The van der Waals surface area contributed by atoms with Gasteiger partial charge in [-0.25, -0.2) is 0 Å². The van der Waals surface area contributed by atoms with Crippen molar-refractivity contribution in [3.8, 4) is 5.75 Å². The van der Waals surface area contributed by atoms with Crippen molar-refractivity contribution >= 4 is 0 Å². The van der Waals surface area contributed by atoms with E-state index >= 15 is 0 Å². The first kappa shape index (κ1) is 10.0. The van der Waals surface area contributed by atoms with Crippen LogP contribution in [0.4, 0.5) is 0 Å². The predicted molar refractivity (Wildman–Crippen MR) is 62.8 cm³/mol. The smallest absolute Gasteiger partial charge is 0.126 e. The van der Waals surface area contributed by atoms with Crippen LogP contribution < -0.4 is 4.74 Å². The molecule has 1 aliphatic rings. The van der Waals surface area contributed by atoms with Crippen LogP contribution in [0.5, 0.6) is 5.75 Å². The molecule has 78 valence electrons. The molecule has 2 rings (SSSR count). The SMILES string of the molecule is CC1=CCC=C(Oc2ccccc2)CC1. The van der Waals surface area contributed by atoms with Crippen molar-refractivity contribution in [1.82, 2.24) is 0 Å². The summed E-state index contributed by atoms with van der Waals surface area (Å²) in [6.07, 6.45) is 7.55. The van der Waals surface area contributed by atoms with Gasteiger partial charge >= 0.3 is 0 Å². The Morgan fingerprint density at radius 2 is 1.80 bits per heavy atom. The van der Waals surface area contributed by atoms with E-state index in [0.717, 1.165) is 30.8 Å². The van der Waals surface area contributed by atoms with Crippen LogP contribution >= 0.6 is 0 Å². The number of para-hydroxylation sites is 1. The molecular formula is C14H16O. The van der Waals surface area contributed by atoms with Crippen LogP contribution in [-0.4, -0.2) is 0 Å². The topological polar surface area (TPSA) is 9.23 Å². The van der Waals surface area contributed by atoms with Crippen LogP contribution in [0.1, 0.15) is 26.2 Å². The monoisotopic (exact) mass is 200 g/mol. The number of rotatable bonds is 2. The van der Waals surface area contributed by atoms with Crippen molar-refractivity contribution in [2.75, 3.05) is 0 Å². The van der Waals surface area contributed by atoms with Crippen molar-refractivity contribution in [2.45, 2.75) is 26.2 Å². The van der Waals surface area contributed by atoms with Gasteiger partial charge in [0.1, 0.15) is 11.5 Å². The maximum absolute atomic E-state index is 5.81. The molecule has 0 amide bonds. The number of ether oxygens (including phenoxy) is 1. The molecule has 1 nitrogen and oxygen atoms in total. The summed E-state index contributed by atoms with van der Waals surface area (Å²) in [4.78, 5) is 0. The van der Waals surface area contributed by atoms with Gasteiger partial charge in [0.2, 0.25) is 0 Å². The number of allylic oxidation sites excluding steroid dienone is 4. The fourth-order valence-corrected chi connectivity index (χ4v) is 1.65. The van der Waals surface area contributed by atoms with Gasteiger partial charge in [-0.3, -0.25) is 0 Å². The lowest BCUT2D eigenvalue weighted by Gasteiger charge is -2.08. The number of hydrogen-bond acceptors (Lipinski definition) is 1. The summed E-state index contributed by atoms with van der Waals surface area (Å²) in [5.74, 6) is 2.03. The first-order valence-corrected chi connectivity index (χ1v) is 5.42. The van der Waals surface area contributed by atoms with Gasteiger partial charge in [0.05, 0.1) is 0 Å². The Morgan fingerprint density at radius 3 is 2.60 bits per heavy atom. The molecule has 0 N–H and O–H groups in total. The lowest BCUT2D eigenvalue weighted by Crippen LogP contribution is -1.94. The van der Waals surface area contributed by atoms with E-state index in [2.05, 4.69) is 19.1 Å². The minimum Gasteiger partial charge on any atom is -0.462 e. The lowest BCUT2D eigenvalue weighted by atomic mass is 10.2. The van der Waals surface area contributed by atoms with E-state index in [9.17, 15) is 0 Å². The number of benzene rings is 1. The van der Waals surface area contributed by atoms with Crippen molar-refractivity contribution in [1.29, 1.82) is 0 Å². The summed E-state index contributed by atoms with van der Waals surface area (Å²) in [6, 6.07) is 9.98. The van der Waals surface area contributed by atoms with Crippen LogP contribution in [0.3, 0.4) is 0 Å². The molecule has 15 heavy (non-hydrogen) atoms. The molecule has 0 aliphatic heterocycles. The maximum Gasteiger partial charge on any atom is 0.126 e. The van der Waals surface area contributed by atoms with Crippen LogP contribution in [0.15, 0.2) is 53.8 Å². The summed E-state index contributed by atoms with van der Waals surface area (Å²) in [5.41, 5.74) is 1.46. The average molecular weight is 200 g/mol. The Morgan fingerprint density at radius 1 is 1.00 bits per heavy atom. The molecule has 0 unspecified atom stereocenters. The van der Waals surface area contributed by atoms with E-state index in [1.54, 1.807) is 0 Å².